The highest BCUT2D eigenvalue weighted by Gasteiger charge is 2.22. The Labute approximate surface area is 215 Å². The first-order chi connectivity index (χ1) is 18.0. The number of rotatable bonds is 5. The molecule has 2 aromatic carbocycles. The van der Waals surface area contributed by atoms with Gasteiger partial charge in [-0.1, -0.05) is 18.2 Å². The molecule has 0 N–H and O–H groups in total. The van der Waals surface area contributed by atoms with Crippen molar-refractivity contribution in [3.05, 3.63) is 66.2 Å². The first-order valence-electron chi connectivity index (χ1n) is 12.6. The van der Waals surface area contributed by atoms with Crippen LogP contribution in [0.15, 0.2) is 54.9 Å². The van der Waals surface area contributed by atoms with Gasteiger partial charge in [-0.2, -0.15) is 10.2 Å². The van der Waals surface area contributed by atoms with Crippen molar-refractivity contribution < 1.29 is 4.74 Å². The van der Waals surface area contributed by atoms with Crippen molar-refractivity contribution in [2.45, 2.75) is 19.8 Å². The van der Waals surface area contributed by atoms with Crippen LogP contribution in [0.2, 0.25) is 0 Å². The Bertz CT molecular complexity index is 1640. The Morgan fingerprint density at radius 2 is 1.89 bits per heavy atom. The van der Waals surface area contributed by atoms with Crippen LogP contribution in [0.25, 0.3) is 39.1 Å². The van der Waals surface area contributed by atoms with Crippen molar-refractivity contribution in [2.75, 3.05) is 26.7 Å². The summed E-state index contributed by atoms with van der Waals surface area (Å²) < 4.78 is 10.4. The highest BCUT2D eigenvalue weighted by atomic mass is 16.5. The molecule has 186 valence electrons. The molecular weight excluding hydrogens is 462 g/mol. The topological polar surface area (TPSA) is 84.3 Å². The van der Waals surface area contributed by atoms with Crippen LogP contribution in [-0.2, 0) is 7.05 Å². The minimum atomic E-state index is 0.465. The minimum Gasteiger partial charge on any atom is -0.464 e. The maximum atomic E-state index is 9.32. The molecule has 1 aliphatic heterocycles. The van der Waals surface area contributed by atoms with E-state index in [1.54, 1.807) is 6.20 Å². The molecule has 0 saturated carbocycles. The van der Waals surface area contributed by atoms with Crippen molar-refractivity contribution in [2.24, 2.45) is 13.0 Å². The molecule has 0 radical (unpaired) electrons. The highest BCUT2D eigenvalue weighted by Crippen LogP contribution is 2.37. The number of ether oxygens (including phenoxy) is 1. The van der Waals surface area contributed by atoms with E-state index in [0.29, 0.717) is 24.1 Å². The van der Waals surface area contributed by atoms with E-state index >= 15 is 0 Å². The fourth-order valence-corrected chi connectivity index (χ4v) is 5.31. The zero-order chi connectivity index (χ0) is 25.5. The van der Waals surface area contributed by atoms with Gasteiger partial charge in [0.2, 0.25) is 0 Å². The summed E-state index contributed by atoms with van der Waals surface area (Å²) in [6.07, 6.45) is 6.03. The van der Waals surface area contributed by atoms with Crippen LogP contribution < -0.4 is 4.74 Å². The molecule has 3 aromatic heterocycles. The molecule has 0 bridgehead atoms. The van der Waals surface area contributed by atoms with E-state index in [9.17, 15) is 5.26 Å². The molecule has 0 spiro atoms. The largest absolute Gasteiger partial charge is 0.464 e. The number of hydrogen-bond donors (Lipinski definition) is 0. The van der Waals surface area contributed by atoms with E-state index in [2.05, 4.69) is 40.8 Å². The number of benzene rings is 2. The third-order valence-corrected chi connectivity index (χ3v) is 7.37. The first kappa shape index (κ1) is 23.2. The Balaban J connectivity index is 1.50. The predicted octanol–water partition coefficient (Wildman–Crippen LogP) is 4.85. The lowest BCUT2D eigenvalue weighted by Crippen LogP contribution is -2.35. The van der Waals surface area contributed by atoms with Gasteiger partial charge in [0.25, 0.3) is 0 Å². The number of aryl methyl sites for hydroxylation is 2. The molecular formula is C29H29N7O. The lowest BCUT2D eigenvalue weighted by atomic mass is 9.99. The smallest absolute Gasteiger partial charge is 0.302 e. The van der Waals surface area contributed by atoms with Gasteiger partial charge in [-0.05, 0) is 63.2 Å². The average molecular weight is 492 g/mol. The van der Waals surface area contributed by atoms with E-state index in [1.165, 1.54) is 6.42 Å². The zero-order valence-electron chi connectivity index (χ0n) is 21.3. The van der Waals surface area contributed by atoms with Gasteiger partial charge in [0, 0.05) is 37.5 Å². The number of nitrogens with zero attached hydrogens (tertiary/aromatic N) is 7. The predicted molar refractivity (Wildman–Crippen MR) is 143 cm³/mol. The number of piperidine rings is 1. The van der Waals surface area contributed by atoms with Crippen LogP contribution in [0.4, 0.5) is 0 Å². The molecule has 1 fully saturated rings. The van der Waals surface area contributed by atoms with E-state index < -0.39 is 0 Å². The summed E-state index contributed by atoms with van der Waals surface area (Å²) in [6.45, 7) is 4.78. The molecule has 5 aromatic rings. The minimum absolute atomic E-state index is 0.465. The Morgan fingerprint density at radius 1 is 1.08 bits per heavy atom. The molecule has 6 rings (SSSR count). The Hall–Kier alpha value is -4.22. The summed E-state index contributed by atoms with van der Waals surface area (Å²) in [5, 5.41) is 9.32. The van der Waals surface area contributed by atoms with Crippen LogP contribution >= 0.6 is 0 Å². The van der Waals surface area contributed by atoms with Crippen LogP contribution in [-0.4, -0.2) is 55.6 Å². The van der Waals surface area contributed by atoms with Gasteiger partial charge in [-0.15, -0.1) is 0 Å². The standard InChI is InChI=1S/C29H29N7O/c1-19-32-24-15-23(10-11-25(24)35(19)3)26-27(22-8-6-20(16-30)7-9-22)33-29(36-14-12-31-28(26)36)37-18-21-5-4-13-34(2)17-21/h6-12,14-15,21H,4-5,13,17-18H2,1-3H3/t21-/m1/s1. The molecule has 1 saturated heterocycles. The third kappa shape index (κ3) is 4.21. The van der Waals surface area contributed by atoms with Crippen molar-refractivity contribution in [3.63, 3.8) is 0 Å². The van der Waals surface area contributed by atoms with Crippen molar-refractivity contribution >= 4 is 16.7 Å². The molecule has 37 heavy (non-hydrogen) atoms. The fourth-order valence-electron chi connectivity index (χ4n) is 5.31. The van der Waals surface area contributed by atoms with E-state index in [0.717, 1.165) is 64.4 Å². The third-order valence-electron chi connectivity index (χ3n) is 7.37. The normalized spacial score (nSPS) is 16.3. The maximum absolute atomic E-state index is 9.32. The van der Waals surface area contributed by atoms with Crippen LogP contribution in [0.3, 0.4) is 0 Å². The number of aromatic nitrogens is 5. The van der Waals surface area contributed by atoms with Crippen molar-refractivity contribution in [3.8, 4) is 34.5 Å². The second-order valence-electron chi connectivity index (χ2n) is 9.93. The van der Waals surface area contributed by atoms with Crippen molar-refractivity contribution in [1.29, 1.82) is 5.26 Å². The number of fused-ring (bicyclic) bond motifs is 2. The van der Waals surface area contributed by atoms with E-state index in [4.69, 9.17) is 19.7 Å². The lowest BCUT2D eigenvalue weighted by molar-refractivity contribution is 0.143. The van der Waals surface area contributed by atoms with E-state index in [-0.39, 0.29) is 0 Å². The monoisotopic (exact) mass is 491 g/mol. The molecule has 8 nitrogen and oxygen atoms in total. The van der Waals surface area contributed by atoms with Gasteiger partial charge < -0.3 is 14.2 Å². The zero-order valence-corrected chi connectivity index (χ0v) is 21.3. The van der Waals surface area contributed by atoms with E-state index in [1.807, 2.05) is 48.8 Å². The first-order valence-corrected chi connectivity index (χ1v) is 12.6. The SMILES string of the molecule is Cc1nc2cc(-c3c(-c4ccc(C#N)cc4)nc(OC[C@@H]4CCCN(C)C4)n4ccnc34)ccc2n1C. The van der Waals surface area contributed by atoms with Gasteiger partial charge >= 0.3 is 6.01 Å². The molecule has 1 atom stereocenters. The van der Waals surface area contributed by atoms with Crippen LogP contribution in [0, 0.1) is 24.2 Å². The van der Waals surface area contributed by atoms with Crippen molar-refractivity contribution in [1.82, 2.24) is 28.8 Å². The Kier molecular flexibility index (Phi) is 5.85. The summed E-state index contributed by atoms with van der Waals surface area (Å²) in [5.74, 6) is 1.42. The van der Waals surface area contributed by atoms with Gasteiger partial charge in [-0.25, -0.2) is 9.97 Å². The second kappa shape index (κ2) is 9.34. The summed E-state index contributed by atoms with van der Waals surface area (Å²) in [7, 11) is 4.19. The van der Waals surface area contributed by atoms with Gasteiger partial charge in [0.1, 0.15) is 5.82 Å². The summed E-state index contributed by atoms with van der Waals surface area (Å²) in [6, 6.07) is 16.5. The van der Waals surface area contributed by atoms with Crippen LogP contribution in [0.1, 0.15) is 24.2 Å². The second-order valence-corrected chi connectivity index (χ2v) is 9.93. The number of nitriles is 1. The Morgan fingerprint density at radius 3 is 2.68 bits per heavy atom. The highest BCUT2D eigenvalue weighted by molar-refractivity contribution is 5.93. The molecule has 0 aliphatic carbocycles. The average Bonchev–Trinajstić information content (AvgIpc) is 3.51. The summed E-state index contributed by atoms with van der Waals surface area (Å²) in [5.41, 5.74) is 6.94. The van der Waals surface area contributed by atoms with Gasteiger partial charge in [0.05, 0.1) is 40.5 Å². The molecule has 0 amide bonds. The summed E-state index contributed by atoms with van der Waals surface area (Å²) in [4.78, 5) is 16.9. The molecule has 1 aliphatic rings. The molecule has 8 heteroatoms. The summed E-state index contributed by atoms with van der Waals surface area (Å²) >= 11 is 0. The molecule has 4 heterocycles. The number of hydrogen-bond acceptors (Lipinski definition) is 6. The van der Waals surface area contributed by atoms with Gasteiger partial charge in [-0.3, -0.25) is 4.40 Å². The van der Waals surface area contributed by atoms with Crippen LogP contribution in [0.5, 0.6) is 6.01 Å². The quantitative estimate of drug-likeness (QED) is 0.349. The maximum Gasteiger partial charge on any atom is 0.302 e. The van der Waals surface area contributed by atoms with Gasteiger partial charge in [0.15, 0.2) is 5.65 Å². The molecule has 0 unspecified atom stereocenters. The lowest BCUT2D eigenvalue weighted by Gasteiger charge is -2.29. The number of imidazole rings is 2. The number of likely N-dealkylation sites (tertiary alicyclic amines) is 1. The fraction of sp³-hybridized carbons (Fsp3) is 0.310.